The zero-order valence-electron chi connectivity index (χ0n) is 17.8. The summed E-state index contributed by atoms with van der Waals surface area (Å²) in [5.74, 6) is 0.254. The molecule has 6 nitrogen and oxygen atoms in total. The van der Waals surface area contributed by atoms with Gasteiger partial charge in [-0.3, -0.25) is 14.9 Å². The molecule has 160 valence electrons. The van der Waals surface area contributed by atoms with Gasteiger partial charge >= 0.3 is 0 Å². The standard InChI is InChI=1S/C23H29N3O3S/c1-5-16(4)24-21(27)17-10-6-8-12-19(17)25-23(30)26-22(28)18-11-7-9-13-20(18)29-14-15(2)3/h6-13,15-16H,5,14H2,1-4H3,(H,24,27)(H2,25,26,28,30). The SMILES string of the molecule is CCC(C)NC(=O)c1ccccc1NC(=S)NC(=O)c1ccccc1OCC(C)C. The third-order valence-corrected chi connectivity index (χ3v) is 4.54. The maximum Gasteiger partial charge on any atom is 0.261 e. The molecular formula is C23H29N3O3S. The molecule has 0 spiro atoms. The lowest BCUT2D eigenvalue weighted by Crippen LogP contribution is -2.36. The molecule has 2 rings (SSSR count). The van der Waals surface area contributed by atoms with Crippen LogP contribution in [0.4, 0.5) is 5.69 Å². The summed E-state index contributed by atoms with van der Waals surface area (Å²) in [7, 11) is 0. The predicted molar refractivity (Wildman–Crippen MR) is 124 cm³/mol. The lowest BCUT2D eigenvalue weighted by molar-refractivity contribution is 0.0938. The number of rotatable bonds is 8. The Kier molecular flexibility index (Phi) is 8.80. The number of carbonyl (C=O) groups is 2. The van der Waals surface area contributed by atoms with E-state index >= 15 is 0 Å². The molecule has 0 aromatic heterocycles. The summed E-state index contributed by atoms with van der Waals surface area (Å²) in [5.41, 5.74) is 1.37. The van der Waals surface area contributed by atoms with E-state index in [9.17, 15) is 9.59 Å². The topological polar surface area (TPSA) is 79.5 Å². The van der Waals surface area contributed by atoms with Crippen molar-refractivity contribution in [3.63, 3.8) is 0 Å². The number of benzene rings is 2. The number of thiocarbonyl (C=S) groups is 1. The van der Waals surface area contributed by atoms with Gasteiger partial charge in [0.15, 0.2) is 5.11 Å². The van der Waals surface area contributed by atoms with Crippen molar-refractivity contribution in [3.05, 3.63) is 59.7 Å². The van der Waals surface area contributed by atoms with Crippen LogP contribution >= 0.6 is 12.2 Å². The van der Waals surface area contributed by atoms with E-state index < -0.39 is 0 Å². The number of nitrogens with one attached hydrogen (secondary N) is 3. The van der Waals surface area contributed by atoms with Crippen LogP contribution in [0, 0.1) is 5.92 Å². The number of hydrogen-bond donors (Lipinski definition) is 3. The van der Waals surface area contributed by atoms with E-state index in [1.54, 1.807) is 42.5 Å². The Hall–Kier alpha value is -2.93. The number of amides is 2. The molecule has 0 bridgehead atoms. The molecule has 0 aliphatic rings. The normalized spacial score (nSPS) is 11.5. The Morgan fingerprint density at radius 2 is 1.60 bits per heavy atom. The largest absolute Gasteiger partial charge is 0.492 e. The molecule has 0 saturated carbocycles. The maximum absolute atomic E-state index is 12.7. The van der Waals surface area contributed by atoms with Gasteiger partial charge in [0, 0.05) is 6.04 Å². The second-order valence-electron chi connectivity index (χ2n) is 7.44. The van der Waals surface area contributed by atoms with Crippen molar-refractivity contribution < 1.29 is 14.3 Å². The monoisotopic (exact) mass is 427 g/mol. The zero-order valence-corrected chi connectivity index (χ0v) is 18.6. The first-order valence-electron chi connectivity index (χ1n) is 10.1. The van der Waals surface area contributed by atoms with Gasteiger partial charge in [0.05, 0.1) is 23.4 Å². The lowest BCUT2D eigenvalue weighted by atomic mass is 10.1. The fraction of sp³-hybridized carbons (Fsp3) is 0.348. The average Bonchev–Trinajstić information content (AvgIpc) is 2.72. The Morgan fingerprint density at radius 3 is 2.27 bits per heavy atom. The highest BCUT2D eigenvalue weighted by molar-refractivity contribution is 7.80. The molecule has 0 radical (unpaired) electrons. The summed E-state index contributed by atoms with van der Waals surface area (Å²) < 4.78 is 5.74. The van der Waals surface area contributed by atoms with E-state index in [4.69, 9.17) is 17.0 Å². The van der Waals surface area contributed by atoms with Gasteiger partial charge in [-0.15, -0.1) is 0 Å². The summed E-state index contributed by atoms with van der Waals surface area (Å²) in [6, 6.07) is 14.1. The third kappa shape index (κ3) is 6.84. The van der Waals surface area contributed by atoms with Gasteiger partial charge in [0.1, 0.15) is 5.75 Å². The van der Waals surface area contributed by atoms with Gasteiger partial charge in [0.2, 0.25) is 0 Å². The van der Waals surface area contributed by atoms with E-state index in [1.165, 1.54) is 0 Å². The molecule has 0 aliphatic heterocycles. The highest BCUT2D eigenvalue weighted by Gasteiger charge is 2.17. The van der Waals surface area contributed by atoms with Gasteiger partial charge in [0.25, 0.3) is 11.8 Å². The van der Waals surface area contributed by atoms with E-state index in [-0.39, 0.29) is 23.0 Å². The Bertz CT molecular complexity index is 899. The summed E-state index contributed by atoms with van der Waals surface area (Å²) in [6.45, 7) is 8.53. The van der Waals surface area contributed by atoms with Crippen LogP contribution in [0.5, 0.6) is 5.75 Å². The van der Waals surface area contributed by atoms with E-state index in [2.05, 4.69) is 16.0 Å². The first-order chi connectivity index (χ1) is 14.3. The van der Waals surface area contributed by atoms with Gasteiger partial charge in [-0.2, -0.15) is 0 Å². The second-order valence-corrected chi connectivity index (χ2v) is 7.85. The first kappa shape index (κ1) is 23.3. The summed E-state index contributed by atoms with van der Waals surface area (Å²) >= 11 is 5.30. The lowest BCUT2D eigenvalue weighted by Gasteiger charge is -2.16. The van der Waals surface area contributed by atoms with E-state index in [0.717, 1.165) is 6.42 Å². The van der Waals surface area contributed by atoms with Crippen molar-refractivity contribution in [1.29, 1.82) is 0 Å². The molecule has 3 N–H and O–H groups in total. The second kappa shape index (κ2) is 11.3. The van der Waals surface area contributed by atoms with Gasteiger partial charge in [-0.1, -0.05) is 45.0 Å². The van der Waals surface area contributed by atoms with Crippen molar-refractivity contribution in [2.75, 3.05) is 11.9 Å². The Labute approximate surface area is 183 Å². The van der Waals surface area contributed by atoms with Crippen LogP contribution in [0.15, 0.2) is 48.5 Å². The molecule has 1 atom stereocenters. The molecule has 0 fully saturated rings. The molecule has 2 amide bonds. The third-order valence-electron chi connectivity index (χ3n) is 4.34. The molecule has 2 aromatic rings. The highest BCUT2D eigenvalue weighted by atomic mass is 32.1. The van der Waals surface area contributed by atoms with Gasteiger partial charge < -0.3 is 15.4 Å². The minimum Gasteiger partial charge on any atom is -0.492 e. The number of anilines is 1. The van der Waals surface area contributed by atoms with Crippen LogP contribution < -0.4 is 20.7 Å². The number of carbonyl (C=O) groups excluding carboxylic acids is 2. The van der Waals surface area contributed by atoms with E-state index in [1.807, 2.05) is 33.8 Å². The fourth-order valence-electron chi connectivity index (χ4n) is 2.55. The molecule has 0 heterocycles. The molecule has 2 aromatic carbocycles. The quantitative estimate of drug-likeness (QED) is 0.545. The zero-order chi connectivity index (χ0) is 22.1. The Balaban J connectivity index is 2.08. The number of hydrogen-bond acceptors (Lipinski definition) is 4. The summed E-state index contributed by atoms with van der Waals surface area (Å²) in [6.07, 6.45) is 0.827. The van der Waals surface area contributed by atoms with Crippen molar-refractivity contribution in [3.8, 4) is 5.75 Å². The van der Waals surface area contributed by atoms with E-state index in [0.29, 0.717) is 35.1 Å². The fourth-order valence-corrected chi connectivity index (χ4v) is 2.76. The molecule has 0 aliphatic carbocycles. The van der Waals surface area contributed by atoms with Crippen molar-refractivity contribution in [2.24, 2.45) is 5.92 Å². The van der Waals surface area contributed by atoms with Crippen LogP contribution in [-0.2, 0) is 0 Å². The van der Waals surface area contributed by atoms with Crippen LogP contribution in [-0.4, -0.2) is 29.6 Å². The van der Waals surface area contributed by atoms with Crippen LogP contribution in [0.2, 0.25) is 0 Å². The predicted octanol–water partition coefficient (Wildman–Crippen LogP) is 4.38. The maximum atomic E-state index is 12.7. The van der Waals surface area contributed by atoms with Crippen LogP contribution in [0.1, 0.15) is 54.8 Å². The molecule has 1 unspecified atom stereocenters. The first-order valence-corrected chi connectivity index (χ1v) is 10.5. The molecule has 0 saturated heterocycles. The highest BCUT2D eigenvalue weighted by Crippen LogP contribution is 2.19. The summed E-state index contributed by atoms with van der Waals surface area (Å²) in [4.78, 5) is 25.2. The number of para-hydroxylation sites is 2. The number of ether oxygens (including phenoxy) is 1. The van der Waals surface area contributed by atoms with Crippen molar-refractivity contribution in [1.82, 2.24) is 10.6 Å². The minimum atomic E-state index is -0.381. The van der Waals surface area contributed by atoms with Crippen LogP contribution in [0.25, 0.3) is 0 Å². The molecule has 30 heavy (non-hydrogen) atoms. The molecular weight excluding hydrogens is 398 g/mol. The average molecular weight is 428 g/mol. The summed E-state index contributed by atoms with van der Waals surface area (Å²) in [5, 5.41) is 8.64. The van der Waals surface area contributed by atoms with Crippen molar-refractivity contribution >= 4 is 34.8 Å². The smallest absolute Gasteiger partial charge is 0.261 e. The van der Waals surface area contributed by atoms with Crippen molar-refractivity contribution in [2.45, 2.75) is 40.2 Å². The van der Waals surface area contributed by atoms with Crippen LogP contribution in [0.3, 0.4) is 0 Å². The van der Waals surface area contributed by atoms with Gasteiger partial charge in [-0.05, 0) is 55.7 Å². The Morgan fingerprint density at radius 1 is 0.967 bits per heavy atom. The molecule has 7 heteroatoms. The van der Waals surface area contributed by atoms with Gasteiger partial charge in [-0.25, -0.2) is 0 Å². The minimum absolute atomic E-state index is 0.0551.